The first-order chi connectivity index (χ1) is 14.0. The van der Waals surface area contributed by atoms with Crippen LogP contribution in [0.3, 0.4) is 0 Å². The minimum atomic E-state index is -0.450. The van der Waals surface area contributed by atoms with Crippen LogP contribution in [0.4, 0.5) is 10.2 Å². The number of hydrogen-bond acceptors (Lipinski definition) is 4. The smallest absolute Gasteiger partial charge is 0.292 e. The van der Waals surface area contributed by atoms with Crippen molar-refractivity contribution in [2.45, 2.75) is 25.9 Å². The molecule has 0 bridgehead atoms. The Balaban J connectivity index is 1.43. The van der Waals surface area contributed by atoms with Crippen LogP contribution in [0.15, 0.2) is 40.9 Å². The van der Waals surface area contributed by atoms with Gasteiger partial charge in [-0.05, 0) is 50.2 Å². The Morgan fingerprint density at radius 1 is 1.14 bits per heavy atom. The molecule has 152 valence electrons. The lowest BCUT2D eigenvalue weighted by atomic mass is 10.2. The van der Waals surface area contributed by atoms with Gasteiger partial charge in [0.25, 0.3) is 5.91 Å². The topological polar surface area (TPSA) is 63.3 Å². The van der Waals surface area contributed by atoms with Crippen molar-refractivity contribution >= 4 is 34.9 Å². The molecule has 9 heteroatoms. The van der Waals surface area contributed by atoms with E-state index in [0.717, 1.165) is 18.8 Å². The second-order valence-corrected chi connectivity index (χ2v) is 7.74. The molecule has 3 aromatic rings. The highest BCUT2D eigenvalue weighted by Gasteiger charge is 2.18. The molecule has 1 saturated heterocycles. The number of carbonyl (C=O) groups excluding carboxylic acids is 1. The van der Waals surface area contributed by atoms with E-state index < -0.39 is 11.7 Å². The highest BCUT2D eigenvalue weighted by atomic mass is 35.5. The summed E-state index contributed by atoms with van der Waals surface area (Å²) in [7, 11) is 0. The van der Waals surface area contributed by atoms with E-state index in [1.54, 1.807) is 18.2 Å². The Labute approximate surface area is 177 Å². The van der Waals surface area contributed by atoms with Gasteiger partial charge in [-0.3, -0.25) is 14.4 Å². The summed E-state index contributed by atoms with van der Waals surface area (Å²) in [5.74, 6) is 0.205. The molecule has 0 spiro atoms. The van der Waals surface area contributed by atoms with Gasteiger partial charge in [0.1, 0.15) is 16.6 Å². The maximum Gasteiger partial charge on any atom is 0.292 e. The second-order valence-electron chi connectivity index (χ2n) is 6.93. The molecule has 2 aromatic heterocycles. The summed E-state index contributed by atoms with van der Waals surface area (Å²) in [6, 6.07) is 7.89. The van der Waals surface area contributed by atoms with Gasteiger partial charge >= 0.3 is 0 Å². The maximum absolute atomic E-state index is 14.0. The molecule has 4 rings (SSSR count). The van der Waals surface area contributed by atoms with Gasteiger partial charge in [-0.1, -0.05) is 29.3 Å². The normalized spacial score (nSPS) is 14.4. The van der Waals surface area contributed by atoms with Crippen molar-refractivity contribution in [1.29, 1.82) is 0 Å². The van der Waals surface area contributed by atoms with E-state index in [0.29, 0.717) is 17.1 Å². The van der Waals surface area contributed by atoms with E-state index in [9.17, 15) is 9.18 Å². The average molecular weight is 437 g/mol. The van der Waals surface area contributed by atoms with Gasteiger partial charge in [0.2, 0.25) is 0 Å². The number of benzene rings is 1. The zero-order valence-corrected chi connectivity index (χ0v) is 17.0. The summed E-state index contributed by atoms with van der Waals surface area (Å²) in [5, 5.41) is 7.38. The van der Waals surface area contributed by atoms with Gasteiger partial charge in [0, 0.05) is 16.8 Å². The molecule has 1 fully saturated rings. The van der Waals surface area contributed by atoms with Gasteiger partial charge in [0.05, 0.1) is 13.1 Å². The fourth-order valence-electron chi connectivity index (χ4n) is 3.32. The average Bonchev–Trinajstić information content (AvgIpc) is 3.42. The third kappa shape index (κ3) is 4.63. The molecule has 29 heavy (non-hydrogen) atoms. The standard InChI is InChI=1S/C20H19Cl2FN4O2/c21-15-4-3-5-17(23)14(15)11-27-12-16(22)19(25-27)24-20(28)18-7-6-13(29-18)10-26-8-1-2-9-26/h3-7,12H,1-2,8-11H2,(H,24,25,28). The summed E-state index contributed by atoms with van der Waals surface area (Å²) in [6.07, 6.45) is 3.88. The summed E-state index contributed by atoms with van der Waals surface area (Å²) >= 11 is 12.2. The van der Waals surface area contributed by atoms with Crippen molar-refractivity contribution in [3.8, 4) is 0 Å². The highest BCUT2D eigenvalue weighted by Crippen LogP contribution is 2.24. The van der Waals surface area contributed by atoms with Gasteiger partial charge in [0.15, 0.2) is 11.6 Å². The Bertz CT molecular complexity index is 1010. The Morgan fingerprint density at radius 2 is 1.93 bits per heavy atom. The van der Waals surface area contributed by atoms with Crippen LogP contribution in [0.1, 0.15) is 34.7 Å². The molecule has 0 atom stereocenters. The number of nitrogens with zero attached hydrogens (tertiary/aromatic N) is 3. The first kappa shape index (κ1) is 19.9. The van der Waals surface area contributed by atoms with Crippen molar-refractivity contribution in [2.75, 3.05) is 18.4 Å². The van der Waals surface area contributed by atoms with Crippen LogP contribution in [0.2, 0.25) is 10.0 Å². The first-order valence-corrected chi connectivity index (χ1v) is 10.0. The van der Waals surface area contributed by atoms with Crippen molar-refractivity contribution in [2.24, 2.45) is 0 Å². The number of nitrogens with one attached hydrogen (secondary N) is 1. The quantitative estimate of drug-likeness (QED) is 0.601. The van der Waals surface area contributed by atoms with Crippen molar-refractivity contribution in [1.82, 2.24) is 14.7 Å². The maximum atomic E-state index is 14.0. The molecular weight excluding hydrogens is 418 g/mol. The zero-order chi connectivity index (χ0) is 20.4. The van der Waals surface area contributed by atoms with Crippen molar-refractivity contribution in [3.63, 3.8) is 0 Å². The summed E-state index contributed by atoms with van der Waals surface area (Å²) in [4.78, 5) is 14.8. The van der Waals surface area contributed by atoms with E-state index in [1.165, 1.54) is 35.9 Å². The highest BCUT2D eigenvalue weighted by molar-refractivity contribution is 6.33. The minimum Gasteiger partial charge on any atom is -0.455 e. The predicted molar refractivity (Wildman–Crippen MR) is 109 cm³/mol. The van der Waals surface area contributed by atoms with E-state index in [2.05, 4.69) is 15.3 Å². The molecule has 1 aliphatic rings. The molecule has 3 heterocycles. The Hall–Kier alpha value is -2.35. The van der Waals surface area contributed by atoms with E-state index in [-0.39, 0.29) is 23.1 Å². The number of aromatic nitrogens is 2. The zero-order valence-electron chi connectivity index (χ0n) is 15.5. The predicted octanol–water partition coefficient (Wildman–Crippen LogP) is 4.82. The molecule has 0 unspecified atom stereocenters. The largest absolute Gasteiger partial charge is 0.455 e. The number of furan rings is 1. The SMILES string of the molecule is O=C(Nc1nn(Cc2c(F)cccc2Cl)cc1Cl)c1ccc(CN2CCCC2)o1. The Kier molecular flexibility index (Phi) is 5.89. The van der Waals surface area contributed by atoms with E-state index >= 15 is 0 Å². The second kappa shape index (κ2) is 8.57. The molecule has 1 amide bonds. The molecule has 0 aliphatic carbocycles. The molecule has 1 N–H and O–H groups in total. The summed E-state index contributed by atoms with van der Waals surface area (Å²) < 4.78 is 21.1. The molecule has 1 aliphatic heterocycles. The number of anilines is 1. The van der Waals surface area contributed by atoms with Crippen LogP contribution in [-0.2, 0) is 13.1 Å². The monoisotopic (exact) mass is 436 g/mol. The number of rotatable bonds is 6. The molecular formula is C20H19Cl2FN4O2. The lowest BCUT2D eigenvalue weighted by Gasteiger charge is -2.11. The van der Waals surface area contributed by atoms with Crippen molar-refractivity contribution in [3.05, 3.63) is 69.5 Å². The molecule has 1 aromatic carbocycles. The number of likely N-dealkylation sites (tertiary alicyclic amines) is 1. The van der Waals surface area contributed by atoms with Gasteiger partial charge in [-0.2, -0.15) is 5.10 Å². The summed E-state index contributed by atoms with van der Waals surface area (Å²) in [5.41, 5.74) is 0.295. The minimum absolute atomic E-state index is 0.0852. The fraction of sp³-hybridized carbons (Fsp3) is 0.300. The fourth-order valence-corrected chi connectivity index (χ4v) is 3.74. The number of halogens is 3. The number of carbonyl (C=O) groups is 1. The van der Waals surface area contributed by atoms with Crippen molar-refractivity contribution < 1.29 is 13.6 Å². The molecule has 6 nitrogen and oxygen atoms in total. The van der Waals surface area contributed by atoms with Crippen LogP contribution in [-0.4, -0.2) is 33.7 Å². The Morgan fingerprint density at radius 3 is 2.69 bits per heavy atom. The van der Waals surface area contributed by atoms with Gasteiger partial charge < -0.3 is 9.73 Å². The van der Waals surface area contributed by atoms with Crippen LogP contribution in [0, 0.1) is 5.82 Å². The van der Waals surface area contributed by atoms with E-state index in [4.69, 9.17) is 27.6 Å². The van der Waals surface area contributed by atoms with Crippen LogP contribution in [0.25, 0.3) is 0 Å². The third-order valence-corrected chi connectivity index (χ3v) is 5.43. The third-order valence-electron chi connectivity index (χ3n) is 4.79. The lowest BCUT2D eigenvalue weighted by molar-refractivity contribution is 0.0993. The van der Waals surface area contributed by atoms with Crippen LogP contribution >= 0.6 is 23.2 Å². The van der Waals surface area contributed by atoms with E-state index in [1.807, 2.05) is 0 Å². The van der Waals surface area contributed by atoms with Crippen LogP contribution in [0.5, 0.6) is 0 Å². The first-order valence-electron chi connectivity index (χ1n) is 9.28. The summed E-state index contributed by atoms with van der Waals surface area (Å²) in [6.45, 7) is 2.86. The molecule has 0 radical (unpaired) electrons. The lowest BCUT2D eigenvalue weighted by Crippen LogP contribution is -2.18. The number of hydrogen-bond donors (Lipinski definition) is 1. The van der Waals surface area contributed by atoms with Crippen LogP contribution < -0.4 is 5.32 Å². The molecule has 0 saturated carbocycles. The van der Waals surface area contributed by atoms with Gasteiger partial charge in [-0.15, -0.1) is 0 Å². The number of amides is 1. The van der Waals surface area contributed by atoms with Gasteiger partial charge in [-0.25, -0.2) is 4.39 Å².